The summed E-state index contributed by atoms with van der Waals surface area (Å²) in [7, 11) is 0. The van der Waals surface area contributed by atoms with Crippen LogP contribution in [0.5, 0.6) is 0 Å². The lowest BCUT2D eigenvalue weighted by molar-refractivity contribution is 0.0946. The zero-order valence-corrected chi connectivity index (χ0v) is 9.21. The van der Waals surface area contributed by atoms with Gasteiger partial charge in [0.25, 0.3) is 0 Å². The minimum absolute atomic E-state index is 0.128. The third-order valence-electron chi connectivity index (χ3n) is 3.18. The highest BCUT2D eigenvalue weighted by atomic mass is 16.2. The fourth-order valence-electron chi connectivity index (χ4n) is 2.28. The Bertz CT molecular complexity index is 407. The quantitative estimate of drug-likeness (QED) is 0.799. The average molecular weight is 204 g/mol. The maximum absolute atomic E-state index is 11.8. The summed E-state index contributed by atoms with van der Waals surface area (Å²) in [5.41, 5.74) is 4.33. The number of aliphatic hydroxyl groups is 1. The lowest BCUT2D eigenvalue weighted by Crippen LogP contribution is -2.03. The molecule has 80 valence electrons. The van der Waals surface area contributed by atoms with Crippen LogP contribution in [-0.2, 0) is 12.8 Å². The van der Waals surface area contributed by atoms with Crippen LogP contribution < -0.4 is 0 Å². The van der Waals surface area contributed by atoms with Crippen molar-refractivity contribution in [1.82, 2.24) is 0 Å². The summed E-state index contributed by atoms with van der Waals surface area (Å²) in [4.78, 5) is 11.8. The topological polar surface area (TPSA) is 37.3 Å². The molecule has 1 N–H and O–H groups in total. The maximum Gasteiger partial charge on any atom is 0.166 e. The van der Waals surface area contributed by atoms with E-state index in [0.29, 0.717) is 6.42 Å². The first-order valence-electron chi connectivity index (χ1n) is 5.41. The largest absolute Gasteiger partial charge is 0.396 e. The minimum Gasteiger partial charge on any atom is -0.396 e. The number of Topliss-reactive ketones (excluding diaryl/α,β-unsaturated/α-hetero) is 1. The van der Waals surface area contributed by atoms with Gasteiger partial charge in [0, 0.05) is 18.1 Å². The summed E-state index contributed by atoms with van der Waals surface area (Å²) < 4.78 is 0. The Morgan fingerprint density at radius 3 is 2.87 bits per heavy atom. The molecule has 1 aromatic carbocycles. The maximum atomic E-state index is 11.8. The number of rotatable bonds is 2. The first-order valence-corrected chi connectivity index (χ1v) is 5.41. The van der Waals surface area contributed by atoms with Crippen molar-refractivity contribution < 1.29 is 9.90 Å². The van der Waals surface area contributed by atoms with Crippen molar-refractivity contribution >= 4 is 5.78 Å². The Morgan fingerprint density at radius 2 is 2.20 bits per heavy atom. The van der Waals surface area contributed by atoms with E-state index in [0.717, 1.165) is 28.7 Å². The molecule has 0 spiro atoms. The minimum atomic E-state index is 0.128. The van der Waals surface area contributed by atoms with Crippen molar-refractivity contribution in [2.75, 3.05) is 6.61 Å². The molecule has 0 bridgehead atoms. The highest BCUT2D eigenvalue weighted by Crippen LogP contribution is 2.29. The predicted molar refractivity (Wildman–Crippen MR) is 59.2 cm³/mol. The molecule has 0 saturated heterocycles. The van der Waals surface area contributed by atoms with Gasteiger partial charge in [-0.15, -0.1) is 0 Å². The van der Waals surface area contributed by atoms with Gasteiger partial charge >= 0.3 is 0 Å². The van der Waals surface area contributed by atoms with E-state index >= 15 is 0 Å². The van der Waals surface area contributed by atoms with E-state index in [1.54, 1.807) is 0 Å². The number of aliphatic hydroxyl groups excluding tert-OH is 1. The van der Waals surface area contributed by atoms with Crippen LogP contribution in [0.1, 0.15) is 34.0 Å². The number of ketones is 1. The van der Waals surface area contributed by atoms with Gasteiger partial charge in [0.05, 0.1) is 0 Å². The van der Waals surface area contributed by atoms with E-state index in [1.807, 2.05) is 19.9 Å². The molecule has 0 aliphatic heterocycles. The second-order valence-electron chi connectivity index (χ2n) is 4.38. The highest BCUT2D eigenvalue weighted by Gasteiger charge is 2.27. The fourth-order valence-corrected chi connectivity index (χ4v) is 2.28. The molecule has 0 heterocycles. The summed E-state index contributed by atoms with van der Waals surface area (Å²) in [6, 6.07) is 4.06. The van der Waals surface area contributed by atoms with E-state index < -0.39 is 0 Å². The third kappa shape index (κ3) is 1.70. The predicted octanol–water partition coefficient (Wildman–Crippen LogP) is 1.90. The van der Waals surface area contributed by atoms with Gasteiger partial charge in [-0.05, 0) is 42.5 Å². The van der Waals surface area contributed by atoms with E-state index in [2.05, 4.69) is 6.07 Å². The number of fused-ring (bicyclic) bond motifs is 1. The summed E-state index contributed by atoms with van der Waals surface area (Å²) >= 11 is 0. The molecule has 1 atom stereocenters. The van der Waals surface area contributed by atoms with Crippen LogP contribution in [0.4, 0.5) is 0 Å². The van der Waals surface area contributed by atoms with Gasteiger partial charge in [0.1, 0.15) is 0 Å². The van der Waals surface area contributed by atoms with Crippen LogP contribution in [0.25, 0.3) is 0 Å². The summed E-state index contributed by atoms with van der Waals surface area (Å²) in [6.07, 6.45) is 1.54. The molecule has 1 aromatic rings. The van der Waals surface area contributed by atoms with Gasteiger partial charge < -0.3 is 5.11 Å². The van der Waals surface area contributed by atoms with Crippen molar-refractivity contribution in [3.8, 4) is 0 Å². The van der Waals surface area contributed by atoms with E-state index in [4.69, 9.17) is 5.11 Å². The molecule has 0 unspecified atom stereocenters. The molecular formula is C13H16O2. The molecular weight excluding hydrogens is 188 g/mol. The van der Waals surface area contributed by atoms with Crippen LogP contribution >= 0.6 is 0 Å². The zero-order valence-electron chi connectivity index (χ0n) is 9.21. The number of carbonyl (C=O) groups excluding carboxylic acids is 1. The Balaban J connectivity index is 2.45. The standard InChI is InChI=1S/C13H16O2/c1-8-6-12-11(5-9(2)13(12)15)7-10(8)3-4-14/h6-7,9,14H,3-5H2,1-2H3/t9-/m0/s1. The number of benzene rings is 1. The fraction of sp³-hybridized carbons (Fsp3) is 0.462. The molecule has 0 amide bonds. The normalized spacial score (nSPS) is 19.4. The zero-order chi connectivity index (χ0) is 11.0. The molecule has 0 radical (unpaired) electrons. The van der Waals surface area contributed by atoms with Gasteiger partial charge in [-0.1, -0.05) is 13.0 Å². The molecule has 0 fully saturated rings. The van der Waals surface area contributed by atoms with Crippen LogP contribution in [-0.4, -0.2) is 17.5 Å². The Kier molecular flexibility index (Phi) is 2.61. The van der Waals surface area contributed by atoms with Crippen LogP contribution in [0.3, 0.4) is 0 Å². The van der Waals surface area contributed by atoms with Gasteiger partial charge in [-0.3, -0.25) is 4.79 Å². The van der Waals surface area contributed by atoms with Crippen LogP contribution in [0, 0.1) is 12.8 Å². The lowest BCUT2D eigenvalue weighted by atomic mass is 9.99. The van der Waals surface area contributed by atoms with Crippen LogP contribution in [0.2, 0.25) is 0 Å². The molecule has 2 nitrogen and oxygen atoms in total. The SMILES string of the molecule is Cc1cc2c(cc1CCO)C[C@H](C)C2=O. The van der Waals surface area contributed by atoms with Gasteiger partial charge in [0.2, 0.25) is 0 Å². The summed E-state index contributed by atoms with van der Waals surface area (Å²) in [5, 5.41) is 8.93. The van der Waals surface area contributed by atoms with E-state index in [1.165, 1.54) is 0 Å². The van der Waals surface area contributed by atoms with Gasteiger partial charge in [0.15, 0.2) is 5.78 Å². The molecule has 2 heteroatoms. The molecule has 0 saturated carbocycles. The monoisotopic (exact) mass is 204 g/mol. The first kappa shape index (κ1) is 10.4. The second kappa shape index (κ2) is 3.78. The van der Waals surface area contributed by atoms with Crippen molar-refractivity contribution in [3.63, 3.8) is 0 Å². The first-order chi connectivity index (χ1) is 7.13. The summed E-state index contributed by atoms with van der Waals surface area (Å²) in [6.45, 7) is 4.15. The van der Waals surface area contributed by atoms with Crippen LogP contribution in [0.15, 0.2) is 12.1 Å². The lowest BCUT2D eigenvalue weighted by Gasteiger charge is -2.07. The summed E-state index contributed by atoms with van der Waals surface area (Å²) in [5.74, 6) is 0.396. The second-order valence-corrected chi connectivity index (χ2v) is 4.38. The van der Waals surface area contributed by atoms with Crippen molar-refractivity contribution in [2.45, 2.75) is 26.7 Å². The average Bonchev–Trinajstić information content (AvgIpc) is 2.46. The highest BCUT2D eigenvalue weighted by molar-refractivity contribution is 6.02. The molecule has 1 aliphatic carbocycles. The van der Waals surface area contributed by atoms with E-state index in [9.17, 15) is 4.79 Å². The Morgan fingerprint density at radius 1 is 1.47 bits per heavy atom. The van der Waals surface area contributed by atoms with Crippen molar-refractivity contribution in [1.29, 1.82) is 0 Å². The molecule has 15 heavy (non-hydrogen) atoms. The molecule has 1 aliphatic rings. The number of hydrogen-bond acceptors (Lipinski definition) is 2. The van der Waals surface area contributed by atoms with Gasteiger partial charge in [-0.25, -0.2) is 0 Å². The molecule has 0 aromatic heterocycles. The van der Waals surface area contributed by atoms with Gasteiger partial charge in [-0.2, -0.15) is 0 Å². The number of hydrogen-bond donors (Lipinski definition) is 1. The number of carbonyl (C=O) groups is 1. The number of aryl methyl sites for hydroxylation is 1. The molecule has 2 rings (SSSR count). The smallest absolute Gasteiger partial charge is 0.166 e. The van der Waals surface area contributed by atoms with Crippen molar-refractivity contribution in [2.24, 2.45) is 5.92 Å². The third-order valence-corrected chi connectivity index (χ3v) is 3.18. The Labute approximate surface area is 89.9 Å². The Hall–Kier alpha value is -1.15. The van der Waals surface area contributed by atoms with E-state index in [-0.39, 0.29) is 18.3 Å². The van der Waals surface area contributed by atoms with Crippen molar-refractivity contribution in [3.05, 3.63) is 34.4 Å².